The van der Waals surface area contributed by atoms with E-state index in [1.807, 2.05) is 0 Å². The number of hydrogen-bond acceptors (Lipinski definition) is 3. The second kappa shape index (κ2) is 33.0. The van der Waals surface area contributed by atoms with Crippen LogP contribution < -0.4 is 0 Å². The first kappa shape index (κ1) is 43.5. The number of carbonyl (C=O) groups excluding carboxylic acids is 1. The van der Waals surface area contributed by atoms with Crippen molar-refractivity contribution in [2.45, 2.75) is 233 Å². The summed E-state index contributed by atoms with van der Waals surface area (Å²) in [6.07, 6.45) is 43.6. The van der Waals surface area contributed by atoms with Crippen LogP contribution in [0.15, 0.2) is 0 Å². The number of aliphatic hydroxyl groups excluding tert-OH is 1. The lowest BCUT2D eigenvalue weighted by molar-refractivity contribution is -0.143. The molecule has 1 saturated carbocycles. The third kappa shape index (κ3) is 23.7. The zero-order valence-electron chi connectivity index (χ0n) is 31.8. The zero-order chi connectivity index (χ0) is 33.3. The van der Waals surface area contributed by atoms with Crippen molar-refractivity contribution in [3.63, 3.8) is 0 Å². The predicted molar refractivity (Wildman–Crippen MR) is 201 cm³/mol. The fourth-order valence-electron chi connectivity index (χ4n) is 8.53. The van der Waals surface area contributed by atoms with Gasteiger partial charge in [0.2, 0.25) is 0 Å². The second-order valence-corrected chi connectivity index (χ2v) is 15.4. The average Bonchev–Trinajstić information content (AvgIpc) is 3.06. The number of esters is 1. The zero-order valence-corrected chi connectivity index (χ0v) is 31.8. The van der Waals surface area contributed by atoms with Gasteiger partial charge in [0.15, 0.2) is 0 Å². The summed E-state index contributed by atoms with van der Waals surface area (Å²) in [7, 11) is 0. The minimum atomic E-state index is 0.0191. The van der Waals surface area contributed by atoms with Crippen LogP contribution in [0.4, 0.5) is 0 Å². The minimum absolute atomic E-state index is 0.0191. The largest absolute Gasteiger partial charge is 0.466 e. The number of hydrogen-bond donors (Lipinski definition) is 1. The Morgan fingerprint density at radius 2 is 0.848 bits per heavy atom. The quantitative estimate of drug-likeness (QED) is 0.0558. The lowest BCUT2D eigenvalue weighted by Gasteiger charge is -2.44. The molecule has 4 atom stereocenters. The molecule has 1 aliphatic rings. The maximum absolute atomic E-state index is 12.0. The maximum atomic E-state index is 12.0. The maximum Gasteiger partial charge on any atom is 0.305 e. The molecule has 0 aromatic carbocycles. The van der Waals surface area contributed by atoms with Gasteiger partial charge in [-0.25, -0.2) is 0 Å². The van der Waals surface area contributed by atoms with Gasteiger partial charge in [0.25, 0.3) is 0 Å². The highest BCUT2D eigenvalue weighted by molar-refractivity contribution is 5.69. The summed E-state index contributed by atoms with van der Waals surface area (Å²) in [4.78, 5) is 12.0. The molecule has 1 fully saturated rings. The van der Waals surface area contributed by atoms with E-state index in [0.717, 1.165) is 49.4 Å². The summed E-state index contributed by atoms with van der Waals surface area (Å²) in [6.45, 7) is 7.89. The molecule has 274 valence electrons. The van der Waals surface area contributed by atoms with Crippen molar-refractivity contribution in [1.82, 2.24) is 0 Å². The Morgan fingerprint density at radius 3 is 1.33 bits per heavy atom. The van der Waals surface area contributed by atoms with Crippen LogP contribution in [0.2, 0.25) is 0 Å². The van der Waals surface area contributed by atoms with E-state index in [1.165, 1.54) is 180 Å². The van der Waals surface area contributed by atoms with Crippen molar-refractivity contribution in [3.05, 3.63) is 0 Å². The van der Waals surface area contributed by atoms with E-state index < -0.39 is 0 Å². The highest BCUT2D eigenvalue weighted by Crippen LogP contribution is 2.47. The van der Waals surface area contributed by atoms with Gasteiger partial charge in [0.1, 0.15) is 0 Å². The Morgan fingerprint density at radius 1 is 0.478 bits per heavy atom. The summed E-state index contributed by atoms with van der Waals surface area (Å²) in [5.41, 5.74) is 0. The SMILES string of the molecule is CCCCCCCCC1C(CCCCCC)CCC(CCCCCCCCO)C1CCCCCCCOC(=O)CCCCCCC. The van der Waals surface area contributed by atoms with Gasteiger partial charge in [-0.15, -0.1) is 0 Å². The van der Waals surface area contributed by atoms with Gasteiger partial charge in [0, 0.05) is 13.0 Å². The molecular formula is C43H84O3. The Kier molecular flexibility index (Phi) is 31.1. The third-order valence-electron chi connectivity index (χ3n) is 11.4. The van der Waals surface area contributed by atoms with Gasteiger partial charge in [-0.05, 0) is 68.6 Å². The summed E-state index contributed by atoms with van der Waals surface area (Å²) >= 11 is 0. The first-order valence-electron chi connectivity index (χ1n) is 21.4. The van der Waals surface area contributed by atoms with Gasteiger partial charge < -0.3 is 9.84 Å². The molecule has 4 unspecified atom stereocenters. The standard InChI is InChI=1S/C43H84O3/c1-4-7-10-13-19-25-32-41-39(30-23-12-9-6-3)35-36-40(31-24-18-14-15-21-28-37-44)42(41)33-26-20-16-22-29-38-46-43(45)34-27-17-11-8-5-2/h39-42,44H,4-38H2,1-3H3. The van der Waals surface area contributed by atoms with E-state index in [4.69, 9.17) is 9.84 Å². The molecule has 3 nitrogen and oxygen atoms in total. The Bertz CT molecular complexity index is 632. The topological polar surface area (TPSA) is 46.5 Å². The van der Waals surface area contributed by atoms with Crippen LogP contribution in [0.3, 0.4) is 0 Å². The fraction of sp³-hybridized carbons (Fsp3) is 0.977. The molecule has 0 amide bonds. The second-order valence-electron chi connectivity index (χ2n) is 15.4. The number of aliphatic hydroxyl groups is 1. The van der Waals surface area contributed by atoms with Crippen molar-refractivity contribution in [2.75, 3.05) is 13.2 Å². The average molecular weight is 649 g/mol. The van der Waals surface area contributed by atoms with Crippen molar-refractivity contribution in [1.29, 1.82) is 0 Å². The van der Waals surface area contributed by atoms with E-state index in [-0.39, 0.29) is 5.97 Å². The lowest BCUT2D eigenvalue weighted by Crippen LogP contribution is -2.35. The van der Waals surface area contributed by atoms with E-state index in [2.05, 4.69) is 20.8 Å². The van der Waals surface area contributed by atoms with Crippen molar-refractivity contribution >= 4 is 5.97 Å². The first-order valence-corrected chi connectivity index (χ1v) is 21.4. The van der Waals surface area contributed by atoms with E-state index in [9.17, 15) is 4.79 Å². The normalized spacial score (nSPS) is 19.9. The Labute approximate surface area is 289 Å². The van der Waals surface area contributed by atoms with Gasteiger partial charge in [0.05, 0.1) is 6.61 Å². The molecule has 0 spiro atoms. The summed E-state index contributed by atoms with van der Waals surface area (Å²) in [6, 6.07) is 0. The number of carbonyl (C=O) groups is 1. The molecule has 0 aliphatic heterocycles. The monoisotopic (exact) mass is 649 g/mol. The summed E-state index contributed by atoms with van der Waals surface area (Å²) in [5.74, 6) is 3.88. The van der Waals surface area contributed by atoms with Crippen LogP contribution >= 0.6 is 0 Å². The van der Waals surface area contributed by atoms with Gasteiger partial charge in [-0.3, -0.25) is 4.79 Å². The summed E-state index contributed by atoms with van der Waals surface area (Å²) in [5, 5.41) is 9.10. The molecule has 1 aliphatic carbocycles. The smallest absolute Gasteiger partial charge is 0.305 e. The van der Waals surface area contributed by atoms with Gasteiger partial charge in [-0.2, -0.15) is 0 Å². The number of unbranched alkanes of at least 4 members (excludes halogenated alkanes) is 21. The lowest BCUT2D eigenvalue weighted by atomic mass is 9.61. The first-order chi connectivity index (χ1) is 22.7. The molecule has 1 N–H and O–H groups in total. The van der Waals surface area contributed by atoms with Crippen LogP contribution in [0.25, 0.3) is 0 Å². The van der Waals surface area contributed by atoms with Gasteiger partial charge >= 0.3 is 5.97 Å². The molecule has 0 aromatic heterocycles. The van der Waals surface area contributed by atoms with Crippen molar-refractivity contribution in [3.8, 4) is 0 Å². The predicted octanol–water partition coefficient (Wildman–Crippen LogP) is 13.9. The fourth-order valence-corrected chi connectivity index (χ4v) is 8.53. The van der Waals surface area contributed by atoms with Crippen LogP contribution in [-0.2, 0) is 9.53 Å². The molecule has 0 bridgehead atoms. The molecule has 3 heteroatoms. The molecule has 1 rings (SSSR count). The molecular weight excluding hydrogens is 564 g/mol. The number of ether oxygens (including phenoxy) is 1. The van der Waals surface area contributed by atoms with Crippen molar-refractivity contribution in [2.24, 2.45) is 23.7 Å². The number of rotatable bonds is 34. The van der Waals surface area contributed by atoms with Crippen LogP contribution in [0.5, 0.6) is 0 Å². The van der Waals surface area contributed by atoms with Gasteiger partial charge in [-0.1, -0.05) is 181 Å². The minimum Gasteiger partial charge on any atom is -0.466 e. The van der Waals surface area contributed by atoms with Crippen LogP contribution in [0.1, 0.15) is 233 Å². The van der Waals surface area contributed by atoms with Crippen LogP contribution in [-0.4, -0.2) is 24.3 Å². The highest BCUT2D eigenvalue weighted by atomic mass is 16.5. The Balaban J connectivity index is 2.58. The third-order valence-corrected chi connectivity index (χ3v) is 11.4. The van der Waals surface area contributed by atoms with E-state index in [0.29, 0.717) is 19.6 Å². The Hall–Kier alpha value is -0.570. The van der Waals surface area contributed by atoms with E-state index >= 15 is 0 Å². The highest BCUT2D eigenvalue weighted by Gasteiger charge is 2.37. The van der Waals surface area contributed by atoms with E-state index in [1.54, 1.807) is 0 Å². The molecule has 46 heavy (non-hydrogen) atoms. The molecule has 0 aromatic rings. The molecule has 0 heterocycles. The molecule has 0 saturated heterocycles. The van der Waals surface area contributed by atoms with Crippen LogP contribution in [0, 0.1) is 23.7 Å². The van der Waals surface area contributed by atoms with Crippen molar-refractivity contribution < 1.29 is 14.6 Å². The molecule has 0 radical (unpaired) electrons. The summed E-state index contributed by atoms with van der Waals surface area (Å²) < 4.78 is 5.53.